The number of nitrogens with zero attached hydrogens (tertiary/aromatic N) is 2. The molecule has 2 N–H and O–H groups in total. The van der Waals surface area contributed by atoms with Crippen LogP contribution in [0.2, 0.25) is 0 Å². The standard InChI is InChI=1S/C11H25N3/c1-11(2,3)10(12)9-14-7-5-13(4)6-8-14/h10H,5-9,12H2,1-4H3. The second-order valence-corrected chi connectivity index (χ2v) is 5.58. The largest absolute Gasteiger partial charge is 0.326 e. The van der Waals surface area contributed by atoms with E-state index in [-0.39, 0.29) is 11.5 Å². The van der Waals surface area contributed by atoms with E-state index in [2.05, 4.69) is 37.6 Å². The van der Waals surface area contributed by atoms with E-state index < -0.39 is 0 Å². The van der Waals surface area contributed by atoms with E-state index in [1.165, 1.54) is 26.2 Å². The number of nitrogens with two attached hydrogens (primary N) is 1. The number of hydrogen-bond acceptors (Lipinski definition) is 3. The van der Waals surface area contributed by atoms with Gasteiger partial charge in [0.2, 0.25) is 0 Å². The van der Waals surface area contributed by atoms with Crippen LogP contribution in [0.4, 0.5) is 0 Å². The summed E-state index contributed by atoms with van der Waals surface area (Å²) >= 11 is 0. The van der Waals surface area contributed by atoms with Crippen molar-refractivity contribution in [3.63, 3.8) is 0 Å². The monoisotopic (exact) mass is 199 g/mol. The van der Waals surface area contributed by atoms with Gasteiger partial charge < -0.3 is 10.6 Å². The molecule has 14 heavy (non-hydrogen) atoms. The molecule has 0 saturated carbocycles. The Kier molecular flexibility index (Phi) is 3.93. The van der Waals surface area contributed by atoms with Crippen molar-refractivity contribution in [1.82, 2.24) is 9.80 Å². The molecule has 0 radical (unpaired) electrons. The van der Waals surface area contributed by atoms with Gasteiger partial charge >= 0.3 is 0 Å². The molecule has 0 aromatic rings. The van der Waals surface area contributed by atoms with Crippen LogP contribution in [-0.4, -0.2) is 55.6 Å². The zero-order chi connectivity index (χ0) is 10.8. The molecular formula is C11H25N3. The Morgan fingerprint density at radius 2 is 1.64 bits per heavy atom. The van der Waals surface area contributed by atoms with E-state index in [4.69, 9.17) is 5.73 Å². The molecule has 1 heterocycles. The zero-order valence-electron chi connectivity index (χ0n) is 10.1. The van der Waals surface area contributed by atoms with Gasteiger partial charge in [-0.15, -0.1) is 0 Å². The molecule has 1 unspecified atom stereocenters. The molecule has 0 spiro atoms. The van der Waals surface area contributed by atoms with Crippen LogP contribution >= 0.6 is 0 Å². The summed E-state index contributed by atoms with van der Waals surface area (Å²) in [6, 6.07) is 0.283. The van der Waals surface area contributed by atoms with E-state index in [1.807, 2.05) is 0 Å². The van der Waals surface area contributed by atoms with E-state index in [0.29, 0.717) is 0 Å². The molecule has 0 aromatic heterocycles. The lowest BCUT2D eigenvalue weighted by atomic mass is 9.87. The van der Waals surface area contributed by atoms with Crippen LogP contribution in [0, 0.1) is 5.41 Å². The van der Waals surface area contributed by atoms with Crippen LogP contribution in [-0.2, 0) is 0 Å². The van der Waals surface area contributed by atoms with Crippen LogP contribution in [0.5, 0.6) is 0 Å². The van der Waals surface area contributed by atoms with Crippen LogP contribution in [0.3, 0.4) is 0 Å². The highest BCUT2D eigenvalue weighted by atomic mass is 15.2. The highest BCUT2D eigenvalue weighted by molar-refractivity contribution is 4.82. The first-order chi connectivity index (χ1) is 6.39. The number of hydrogen-bond donors (Lipinski definition) is 1. The number of piperazine rings is 1. The van der Waals surface area contributed by atoms with Crippen LogP contribution < -0.4 is 5.73 Å². The summed E-state index contributed by atoms with van der Waals surface area (Å²) in [5.74, 6) is 0. The SMILES string of the molecule is CN1CCN(CC(N)C(C)(C)C)CC1. The predicted molar refractivity (Wildman–Crippen MR) is 61.4 cm³/mol. The molecule has 1 saturated heterocycles. The maximum atomic E-state index is 6.16. The Bertz CT molecular complexity index is 166. The first kappa shape index (κ1) is 12.0. The van der Waals surface area contributed by atoms with Crippen LogP contribution in [0.1, 0.15) is 20.8 Å². The van der Waals surface area contributed by atoms with Gasteiger partial charge in [0.15, 0.2) is 0 Å². The summed E-state index contributed by atoms with van der Waals surface area (Å²) < 4.78 is 0. The van der Waals surface area contributed by atoms with Gasteiger partial charge in [-0.1, -0.05) is 20.8 Å². The summed E-state index contributed by atoms with van der Waals surface area (Å²) in [4.78, 5) is 4.86. The number of likely N-dealkylation sites (N-methyl/N-ethyl adjacent to an activating group) is 1. The summed E-state index contributed by atoms with van der Waals surface area (Å²) in [6.45, 7) is 12.4. The molecular weight excluding hydrogens is 174 g/mol. The van der Waals surface area contributed by atoms with Crippen molar-refractivity contribution in [2.75, 3.05) is 39.8 Å². The highest BCUT2D eigenvalue weighted by Gasteiger charge is 2.24. The van der Waals surface area contributed by atoms with Crippen LogP contribution in [0.25, 0.3) is 0 Å². The Balaban J connectivity index is 2.31. The first-order valence-electron chi connectivity index (χ1n) is 5.56. The summed E-state index contributed by atoms with van der Waals surface area (Å²) in [7, 11) is 2.18. The van der Waals surface area contributed by atoms with Gasteiger partial charge in [-0.2, -0.15) is 0 Å². The fourth-order valence-corrected chi connectivity index (χ4v) is 1.58. The lowest BCUT2D eigenvalue weighted by Gasteiger charge is -2.37. The molecule has 1 fully saturated rings. The van der Waals surface area contributed by atoms with Crippen LogP contribution in [0.15, 0.2) is 0 Å². The normalized spacial score (nSPS) is 23.8. The lowest BCUT2D eigenvalue weighted by molar-refractivity contribution is 0.127. The van der Waals surface area contributed by atoms with Gasteiger partial charge in [-0.3, -0.25) is 4.90 Å². The molecule has 1 rings (SSSR count). The molecule has 1 aliphatic heterocycles. The lowest BCUT2D eigenvalue weighted by Crippen LogP contribution is -2.51. The molecule has 0 aliphatic carbocycles. The molecule has 0 aromatic carbocycles. The van der Waals surface area contributed by atoms with E-state index in [1.54, 1.807) is 0 Å². The third kappa shape index (κ3) is 3.56. The Labute approximate surface area is 88.2 Å². The average Bonchev–Trinajstić information content (AvgIpc) is 2.07. The average molecular weight is 199 g/mol. The minimum Gasteiger partial charge on any atom is -0.326 e. The second kappa shape index (κ2) is 4.60. The summed E-state index contributed by atoms with van der Waals surface area (Å²) in [5.41, 5.74) is 6.39. The molecule has 1 aliphatic rings. The van der Waals surface area contributed by atoms with Crippen molar-refractivity contribution in [2.45, 2.75) is 26.8 Å². The third-order valence-electron chi connectivity index (χ3n) is 3.16. The molecule has 0 bridgehead atoms. The minimum absolute atomic E-state index is 0.226. The molecule has 3 heteroatoms. The van der Waals surface area contributed by atoms with Gasteiger partial charge in [-0.05, 0) is 12.5 Å². The van der Waals surface area contributed by atoms with Crippen molar-refractivity contribution in [3.05, 3.63) is 0 Å². The van der Waals surface area contributed by atoms with E-state index >= 15 is 0 Å². The molecule has 0 amide bonds. The van der Waals surface area contributed by atoms with E-state index in [0.717, 1.165) is 6.54 Å². The third-order valence-corrected chi connectivity index (χ3v) is 3.16. The smallest absolute Gasteiger partial charge is 0.0217 e. The minimum atomic E-state index is 0.226. The zero-order valence-corrected chi connectivity index (χ0v) is 10.1. The predicted octanol–water partition coefficient (Wildman–Crippen LogP) is 0.607. The van der Waals surface area contributed by atoms with Crippen molar-refractivity contribution in [3.8, 4) is 0 Å². The molecule has 1 atom stereocenters. The fourth-order valence-electron chi connectivity index (χ4n) is 1.58. The Morgan fingerprint density at radius 3 is 2.07 bits per heavy atom. The molecule has 84 valence electrons. The van der Waals surface area contributed by atoms with Gasteiger partial charge in [0, 0.05) is 38.8 Å². The Hall–Kier alpha value is -0.120. The summed E-state index contributed by atoms with van der Waals surface area (Å²) in [6.07, 6.45) is 0. The second-order valence-electron chi connectivity index (χ2n) is 5.58. The summed E-state index contributed by atoms with van der Waals surface area (Å²) in [5, 5.41) is 0. The van der Waals surface area contributed by atoms with Crippen molar-refractivity contribution in [2.24, 2.45) is 11.1 Å². The fraction of sp³-hybridized carbons (Fsp3) is 1.00. The van der Waals surface area contributed by atoms with Crippen molar-refractivity contribution in [1.29, 1.82) is 0 Å². The topological polar surface area (TPSA) is 32.5 Å². The van der Waals surface area contributed by atoms with Gasteiger partial charge in [-0.25, -0.2) is 0 Å². The molecule has 3 nitrogen and oxygen atoms in total. The first-order valence-corrected chi connectivity index (χ1v) is 5.56. The van der Waals surface area contributed by atoms with Gasteiger partial charge in [0.25, 0.3) is 0 Å². The quantitative estimate of drug-likeness (QED) is 0.707. The maximum absolute atomic E-state index is 6.16. The van der Waals surface area contributed by atoms with Gasteiger partial charge in [0.1, 0.15) is 0 Å². The van der Waals surface area contributed by atoms with Gasteiger partial charge in [0.05, 0.1) is 0 Å². The Morgan fingerprint density at radius 1 is 1.14 bits per heavy atom. The number of rotatable bonds is 2. The van der Waals surface area contributed by atoms with Crippen molar-refractivity contribution < 1.29 is 0 Å². The highest BCUT2D eigenvalue weighted by Crippen LogP contribution is 2.18. The maximum Gasteiger partial charge on any atom is 0.0217 e. The van der Waals surface area contributed by atoms with E-state index in [9.17, 15) is 0 Å². The van der Waals surface area contributed by atoms with Crippen molar-refractivity contribution >= 4 is 0 Å².